The first-order chi connectivity index (χ1) is 7.17. The van der Waals surface area contributed by atoms with Crippen LogP contribution >= 0.6 is 0 Å². The van der Waals surface area contributed by atoms with Crippen LogP contribution in [-0.2, 0) is 0 Å². The Balaban J connectivity index is 5.07. The van der Waals surface area contributed by atoms with Crippen molar-refractivity contribution in [1.29, 1.82) is 0 Å². The number of aliphatic imine (C=N–C) groups is 1. The summed E-state index contributed by atoms with van der Waals surface area (Å²) in [5.41, 5.74) is 3.46. The van der Waals surface area contributed by atoms with Crippen LogP contribution in [-0.4, -0.2) is 5.71 Å². The highest BCUT2D eigenvalue weighted by Gasteiger charge is 2.01. The number of hydrogen-bond acceptors (Lipinski definition) is 1. The molecule has 1 heteroatoms. The lowest BCUT2D eigenvalue weighted by atomic mass is 10.0. The molecule has 0 aromatic rings. The summed E-state index contributed by atoms with van der Waals surface area (Å²) < 4.78 is 0. The fourth-order valence-electron chi connectivity index (χ4n) is 1.32. The molecule has 0 spiro atoms. The van der Waals surface area contributed by atoms with Crippen molar-refractivity contribution < 1.29 is 0 Å². The zero-order valence-electron chi connectivity index (χ0n) is 10.2. The second-order valence-electron chi connectivity index (χ2n) is 3.31. The molecular weight excluding hydrogens is 182 g/mol. The van der Waals surface area contributed by atoms with Crippen molar-refractivity contribution in [3.63, 3.8) is 0 Å². The SMILES string of the molecule is C=C/C=C(C)/C(=C\CC)C(/C)=N/C=C\C. The van der Waals surface area contributed by atoms with Gasteiger partial charge in [-0.1, -0.05) is 37.8 Å². The van der Waals surface area contributed by atoms with E-state index in [0.717, 1.165) is 12.1 Å². The molecule has 0 aliphatic carbocycles. The minimum atomic E-state index is 1.01. The molecule has 0 N–H and O–H groups in total. The molecule has 0 aliphatic rings. The second-order valence-corrected chi connectivity index (χ2v) is 3.31. The van der Waals surface area contributed by atoms with Crippen LogP contribution < -0.4 is 0 Å². The van der Waals surface area contributed by atoms with Gasteiger partial charge in [-0.05, 0) is 38.3 Å². The molecule has 0 saturated carbocycles. The predicted molar refractivity (Wildman–Crippen MR) is 70.3 cm³/mol. The summed E-state index contributed by atoms with van der Waals surface area (Å²) in [5.74, 6) is 0. The zero-order chi connectivity index (χ0) is 11.7. The molecule has 0 radical (unpaired) electrons. The van der Waals surface area contributed by atoms with Gasteiger partial charge >= 0.3 is 0 Å². The third kappa shape index (κ3) is 5.16. The first-order valence-electron chi connectivity index (χ1n) is 5.33. The average molecular weight is 203 g/mol. The normalized spacial score (nSPS) is 14.8. The number of hydrogen-bond donors (Lipinski definition) is 0. The minimum absolute atomic E-state index is 1.01. The lowest BCUT2D eigenvalue weighted by Crippen LogP contribution is -1.98. The molecule has 1 nitrogen and oxygen atoms in total. The lowest BCUT2D eigenvalue weighted by Gasteiger charge is -2.06. The fraction of sp³-hybridized carbons (Fsp3) is 0.357. The van der Waals surface area contributed by atoms with E-state index >= 15 is 0 Å². The van der Waals surface area contributed by atoms with Crippen molar-refractivity contribution in [2.24, 2.45) is 4.99 Å². The van der Waals surface area contributed by atoms with Gasteiger partial charge in [0.25, 0.3) is 0 Å². The highest BCUT2D eigenvalue weighted by molar-refractivity contribution is 6.02. The Morgan fingerprint density at radius 1 is 1.33 bits per heavy atom. The van der Waals surface area contributed by atoms with Crippen LogP contribution in [0.2, 0.25) is 0 Å². The van der Waals surface area contributed by atoms with Crippen molar-refractivity contribution in [2.75, 3.05) is 0 Å². The summed E-state index contributed by atoms with van der Waals surface area (Å²) in [5, 5.41) is 0. The van der Waals surface area contributed by atoms with Crippen LogP contribution in [0.1, 0.15) is 34.1 Å². The van der Waals surface area contributed by atoms with Crippen molar-refractivity contribution in [3.8, 4) is 0 Å². The maximum absolute atomic E-state index is 4.36. The molecule has 0 unspecified atom stereocenters. The van der Waals surface area contributed by atoms with E-state index in [2.05, 4.69) is 31.5 Å². The first-order valence-corrected chi connectivity index (χ1v) is 5.33. The molecule has 0 aromatic heterocycles. The number of allylic oxidation sites excluding steroid dienone is 6. The van der Waals surface area contributed by atoms with Gasteiger partial charge in [-0.25, -0.2) is 0 Å². The number of nitrogens with zero attached hydrogens (tertiary/aromatic N) is 1. The largest absolute Gasteiger partial charge is 0.261 e. The predicted octanol–water partition coefficient (Wildman–Crippen LogP) is 4.45. The van der Waals surface area contributed by atoms with Gasteiger partial charge < -0.3 is 0 Å². The first kappa shape index (κ1) is 13.6. The highest BCUT2D eigenvalue weighted by atomic mass is 14.7. The van der Waals surface area contributed by atoms with E-state index < -0.39 is 0 Å². The standard InChI is InChI=1S/C14H21N/c1-6-9-12(4)14(10-7-2)13(5)15-11-8-3/h6,8-11H,1,7H2,2-5H3/b11-8-,12-9+,14-10+,15-13+. The lowest BCUT2D eigenvalue weighted by molar-refractivity contribution is 1.20. The maximum Gasteiger partial charge on any atom is 0.0444 e. The van der Waals surface area contributed by atoms with E-state index in [1.165, 1.54) is 11.1 Å². The second kappa shape index (κ2) is 7.98. The Hall–Kier alpha value is -1.37. The Morgan fingerprint density at radius 3 is 2.47 bits per heavy atom. The van der Waals surface area contributed by atoms with E-state index in [-0.39, 0.29) is 0 Å². The summed E-state index contributed by atoms with van der Waals surface area (Å²) in [4.78, 5) is 4.36. The van der Waals surface area contributed by atoms with Crippen LogP contribution in [0.4, 0.5) is 0 Å². The van der Waals surface area contributed by atoms with Crippen LogP contribution in [0.5, 0.6) is 0 Å². The fourth-order valence-corrected chi connectivity index (χ4v) is 1.32. The van der Waals surface area contributed by atoms with E-state index in [4.69, 9.17) is 0 Å². The van der Waals surface area contributed by atoms with Crippen LogP contribution in [0.3, 0.4) is 0 Å². The van der Waals surface area contributed by atoms with Gasteiger partial charge in [-0.15, -0.1) is 0 Å². The van der Waals surface area contributed by atoms with Gasteiger partial charge in [0.2, 0.25) is 0 Å². The topological polar surface area (TPSA) is 12.4 Å². The van der Waals surface area contributed by atoms with Gasteiger partial charge in [0.15, 0.2) is 0 Å². The summed E-state index contributed by atoms with van der Waals surface area (Å²) in [6, 6.07) is 0. The molecular formula is C14H21N. The maximum atomic E-state index is 4.36. The van der Waals surface area contributed by atoms with Crippen molar-refractivity contribution >= 4 is 5.71 Å². The summed E-state index contributed by atoms with van der Waals surface area (Å²) >= 11 is 0. The van der Waals surface area contributed by atoms with Crippen molar-refractivity contribution in [1.82, 2.24) is 0 Å². The summed E-state index contributed by atoms with van der Waals surface area (Å²) in [7, 11) is 0. The number of rotatable bonds is 5. The highest BCUT2D eigenvalue weighted by Crippen LogP contribution is 2.13. The molecule has 0 aromatic carbocycles. The molecule has 0 amide bonds. The van der Waals surface area contributed by atoms with Crippen LogP contribution in [0.25, 0.3) is 0 Å². The molecule has 0 heterocycles. The average Bonchev–Trinajstić information content (AvgIpc) is 2.22. The van der Waals surface area contributed by atoms with E-state index in [1.807, 2.05) is 38.3 Å². The molecule has 0 aliphatic heterocycles. The van der Waals surface area contributed by atoms with Crippen molar-refractivity contribution in [2.45, 2.75) is 34.1 Å². The molecule has 0 rings (SSSR count). The van der Waals surface area contributed by atoms with Gasteiger partial charge in [-0.3, -0.25) is 4.99 Å². The Bertz CT molecular complexity index is 314. The Labute approximate surface area is 93.6 Å². The van der Waals surface area contributed by atoms with Gasteiger partial charge in [-0.2, -0.15) is 0 Å². The Morgan fingerprint density at radius 2 is 2.00 bits per heavy atom. The monoisotopic (exact) mass is 203 g/mol. The van der Waals surface area contributed by atoms with E-state index in [0.29, 0.717) is 0 Å². The van der Waals surface area contributed by atoms with Crippen molar-refractivity contribution in [3.05, 3.63) is 48.2 Å². The molecule has 15 heavy (non-hydrogen) atoms. The van der Waals surface area contributed by atoms with Gasteiger partial charge in [0.05, 0.1) is 0 Å². The van der Waals surface area contributed by atoms with Crippen LogP contribution in [0.15, 0.2) is 53.2 Å². The quantitative estimate of drug-likeness (QED) is 0.462. The van der Waals surface area contributed by atoms with Gasteiger partial charge in [0, 0.05) is 11.9 Å². The molecule has 0 bridgehead atoms. The summed E-state index contributed by atoms with van der Waals surface area (Å²) in [6.07, 6.45) is 10.8. The van der Waals surface area contributed by atoms with E-state index in [1.54, 1.807) is 0 Å². The van der Waals surface area contributed by atoms with Gasteiger partial charge in [0.1, 0.15) is 0 Å². The summed E-state index contributed by atoms with van der Waals surface area (Å²) in [6.45, 7) is 11.9. The third-order valence-electron chi connectivity index (χ3n) is 2.01. The van der Waals surface area contributed by atoms with Crippen LogP contribution in [0, 0.1) is 0 Å². The minimum Gasteiger partial charge on any atom is -0.261 e. The molecule has 0 saturated heterocycles. The zero-order valence-corrected chi connectivity index (χ0v) is 10.2. The van der Waals surface area contributed by atoms with E-state index in [9.17, 15) is 0 Å². The third-order valence-corrected chi connectivity index (χ3v) is 2.01. The molecule has 0 fully saturated rings. The molecule has 82 valence electrons. The Kier molecular flexibility index (Phi) is 7.25. The molecule has 0 atom stereocenters. The smallest absolute Gasteiger partial charge is 0.0444 e.